The summed E-state index contributed by atoms with van der Waals surface area (Å²) in [6.07, 6.45) is 64.8. The van der Waals surface area contributed by atoms with Gasteiger partial charge >= 0.3 is 17.9 Å². The van der Waals surface area contributed by atoms with Gasteiger partial charge in [-0.3, -0.25) is 14.4 Å². The van der Waals surface area contributed by atoms with Crippen LogP contribution >= 0.6 is 0 Å². The van der Waals surface area contributed by atoms with Gasteiger partial charge in [0.25, 0.3) is 0 Å². The number of esters is 3. The zero-order chi connectivity index (χ0) is 43.7. The Bertz CT molecular complexity index is 1320. The number of hydrogen-bond acceptors (Lipinski definition) is 6. The third-order valence-electron chi connectivity index (χ3n) is 9.19. The first-order chi connectivity index (χ1) is 29.5. The minimum Gasteiger partial charge on any atom is -0.462 e. The van der Waals surface area contributed by atoms with Crippen molar-refractivity contribution in [2.24, 2.45) is 0 Å². The number of allylic oxidation sites excluding steroid dienone is 20. The predicted octanol–water partition coefficient (Wildman–Crippen LogP) is 15.4. The van der Waals surface area contributed by atoms with Crippen LogP contribution in [-0.4, -0.2) is 37.2 Å². The molecule has 0 saturated heterocycles. The Labute approximate surface area is 367 Å². The van der Waals surface area contributed by atoms with Crippen LogP contribution in [0.25, 0.3) is 0 Å². The Balaban J connectivity index is 4.56. The van der Waals surface area contributed by atoms with Crippen molar-refractivity contribution in [1.82, 2.24) is 0 Å². The molecular weight excluding hydrogens is 745 g/mol. The zero-order valence-electron chi connectivity index (χ0n) is 38.2. The number of unbranched alkanes of at least 4 members (excludes halogenated alkanes) is 9. The molecule has 6 heteroatoms. The molecule has 1 atom stereocenters. The lowest BCUT2D eigenvalue weighted by Crippen LogP contribution is -2.30. The number of carbonyl (C=O) groups is 3. The van der Waals surface area contributed by atoms with Crippen LogP contribution in [0.4, 0.5) is 0 Å². The Hall–Kier alpha value is -4.19. The van der Waals surface area contributed by atoms with Crippen LogP contribution in [0.1, 0.15) is 181 Å². The average Bonchev–Trinajstić information content (AvgIpc) is 3.24. The van der Waals surface area contributed by atoms with E-state index in [1.165, 1.54) is 25.7 Å². The van der Waals surface area contributed by atoms with Crippen LogP contribution in [0.2, 0.25) is 0 Å². The standard InChI is InChI=1S/C54H84O6/c1-4-7-10-13-16-19-22-24-25-26-27-28-29-30-33-35-38-41-44-47-53(56)59-50-51(49-58-52(55)46-43-40-37-34-31-21-18-15-12-9-6-3)60-54(57)48-45-42-39-36-32-23-20-17-14-11-8-5-2/h7-8,10-11,15-20,24-25,27-28,30,32-33,36,38,41,51H,4-6,9,12-14,21-23,26,29,31,34-35,37,39-40,42-50H2,1-3H3/b10-7-,11-8-,18-15-,19-16-,20-17-,25-24-,28-27-,33-30-,36-32-,41-38-. The Kier molecular flexibility index (Phi) is 44.2. The monoisotopic (exact) mass is 829 g/mol. The Morgan fingerprint density at radius 2 is 0.683 bits per heavy atom. The lowest BCUT2D eigenvalue weighted by atomic mass is 10.1. The van der Waals surface area contributed by atoms with Crippen molar-refractivity contribution in [3.8, 4) is 0 Å². The molecule has 0 fully saturated rings. The second kappa shape index (κ2) is 47.5. The molecule has 0 spiro atoms. The van der Waals surface area contributed by atoms with Gasteiger partial charge in [-0.2, -0.15) is 0 Å². The van der Waals surface area contributed by atoms with Crippen LogP contribution in [0.5, 0.6) is 0 Å². The highest BCUT2D eigenvalue weighted by atomic mass is 16.6. The van der Waals surface area contributed by atoms with Gasteiger partial charge in [-0.15, -0.1) is 0 Å². The van der Waals surface area contributed by atoms with Gasteiger partial charge in [0.05, 0.1) is 0 Å². The minimum absolute atomic E-state index is 0.125. The van der Waals surface area contributed by atoms with Crippen molar-refractivity contribution >= 4 is 17.9 Å². The number of carbonyl (C=O) groups excluding carboxylic acids is 3. The predicted molar refractivity (Wildman–Crippen MR) is 256 cm³/mol. The van der Waals surface area contributed by atoms with Crippen LogP contribution in [0.3, 0.4) is 0 Å². The number of ether oxygens (including phenoxy) is 3. The fourth-order valence-corrected chi connectivity index (χ4v) is 5.70. The molecule has 0 aromatic carbocycles. The maximum absolute atomic E-state index is 12.7. The zero-order valence-corrected chi connectivity index (χ0v) is 38.2. The summed E-state index contributed by atoms with van der Waals surface area (Å²) in [7, 11) is 0. The fraction of sp³-hybridized carbons (Fsp3) is 0.574. The van der Waals surface area contributed by atoms with Gasteiger partial charge in [0.1, 0.15) is 13.2 Å². The molecule has 0 aliphatic rings. The second-order valence-corrected chi connectivity index (χ2v) is 14.9. The summed E-state index contributed by atoms with van der Waals surface area (Å²) < 4.78 is 16.6. The summed E-state index contributed by atoms with van der Waals surface area (Å²) in [5.74, 6) is -1.08. The van der Waals surface area contributed by atoms with E-state index in [1.54, 1.807) is 0 Å². The van der Waals surface area contributed by atoms with Crippen molar-refractivity contribution in [2.75, 3.05) is 13.2 Å². The lowest BCUT2D eigenvalue weighted by Gasteiger charge is -2.18. The molecule has 336 valence electrons. The van der Waals surface area contributed by atoms with Crippen LogP contribution in [0, 0.1) is 0 Å². The van der Waals surface area contributed by atoms with Crippen LogP contribution in [0.15, 0.2) is 122 Å². The summed E-state index contributed by atoms with van der Waals surface area (Å²) in [5.41, 5.74) is 0. The molecule has 1 unspecified atom stereocenters. The topological polar surface area (TPSA) is 78.9 Å². The third kappa shape index (κ3) is 44.9. The second-order valence-electron chi connectivity index (χ2n) is 14.9. The summed E-state index contributed by atoms with van der Waals surface area (Å²) >= 11 is 0. The summed E-state index contributed by atoms with van der Waals surface area (Å²) in [5, 5.41) is 0. The van der Waals surface area contributed by atoms with Crippen LogP contribution in [-0.2, 0) is 28.6 Å². The van der Waals surface area contributed by atoms with E-state index in [9.17, 15) is 14.4 Å². The molecule has 0 aromatic heterocycles. The normalized spacial score (nSPS) is 13.2. The fourth-order valence-electron chi connectivity index (χ4n) is 5.70. The molecule has 0 aliphatic heterocycles. The molecule has 0 radical (unpaired) electrons. The van der Waals surface area contributed by atoms with E-state index in [0.29, 0.717) is 19.3 Å². The number of rotatable bonds is 40. The van der Waals surface area contributed by atoms with Gasteiger partial charge in [-0.1, -0.05) is 174 Å². The molecule has 0 N–H and O–H groups in total. The summed E-state index contributed by atoms with van der Waals surface area (Å²) in [4.78, 5) is 37.7. The molecule has 0 amide bonds. The van der Waals surface area contributed by atoms with Crippen molar-refractivity contribution in [1.29, 1.82) is 0 Å². The van der Waals surface area contributed by atoms with E-state index in [2.05, 4.69) is 130 Å². The van der Waals surface area contributed by atoms with Gasteiger partial charge in [0, 0.05) is 19.3 Å². The maximum atomic E-state index is 12.7. The maximum Gasteiger partial charge on any atom is 0.306 e. The number of hydrogen-bond donors (Lipinski definition) is 0. The lowest BCUT2D eigenvalue weighted by molar-refractivity contribution is -0.166. The minimum atomic E-state index is -0.833. The molecule has 0 saturated carbocycles. The first kappa shape index (κ1) is 55.8. The van der Waals surface area contributed by atoms with Crippen molar-refractivity contribution in [3.05, 3.63) is 122 Å². The molecule has 0 aliphatic carbocycles. The van der Waals surface area contributed by atoms with E-state index >= 15 is 0 Å². The SMILES string of the molecule is CC/C=C\C/C=C\C/C=C\C/C=C\C/C=C\C/C=C\CCC(=O)OCC(COC(=O)CCCCCCC/C=C\CCCC)OC(=O)CCCC/C=C\C/C=C\C/C=C\CC. The van der Waals surface area contributed by atoms with Gasteiger partial charge < -0.3 is 14.2 Å². The Morgan fingerprint density at radius 3 is 1.17 bits per heavy atom. The van der Waals surface area contributed by atoms with E-state index in [4.69, 9.17) is 14.2 Å². The highest BCUT2D eigenvalue weighted by Crippen LogP contribution is 2.11. The molecule has 0 rings (SSSR count). The van der Waals surface area contributed by atoms with E-state index in [0.717, 1.165) is 103 Å². The van der Waals surface area contributed by atoms with Crippen LogP contribution < -0.4 is 0 Å². The largest absolute Gasteiger partial charge is 0.462 e. The van der Waals surface area contributed by atoms with Gasteiger partial charge in [0.2, 0.25) is 0 Å². The molecule has 0 bridgehead atoms. The highest BCUT2D eigenvalue weighted by Gasteiger charge is 2.19. The van der Waals surface area contributed by atoms with Gasteiger partial charge in [-0.05, 0) is 109 Å². The summed E-state index contributed by atoms with van der Waals surface area (Å²) in [6, 6.07) is 0. The molecular formula is C54H84O6. The van der Waals surface area contributed by atoms with E-state index < -0.39 is 6.10 Å². The molecule has 6 nitrogen and oxygen atoms in total. The quantitative estimate of drug-likeness (QED) is 0.0265. The molecule has 60 heavy (non-hydrogen) atoms. The Morgan fingerprint density at radius 1 is 0.350 bits per heavy atom. The van der Waals surface area contributed by atoms with E-state index in [1.807, 2.05) is 12.2 Å². The van der Waals surface area contributed by atoms with Gasteiger partial charge in [-0.25, -0.2) is 0 Å². The first-order valence-electron chi connectivity index (χ1n) is 23.5. The molecule has 0 heterocycles. The smallest absolute Gasteiger partial charge is 0.306 e. The van der Waals surface area contributed by atoms with Crippen molar-refractivity contribution < 1.29 is 28.6 Å². The average molecular weight is 829 g/mol. The summed E-state index contributed by atoms with van der Waals surface area (Å²) in [6.45, 7) is 6.22. The van der Waals surface area contributed by atoms with E-state index in [-0.39, 0.29) is 44.0 Å². The van der Waals surface area contributed by atoms with Gasteiger partial charge in [0.15, 0.2) is 6.10 Å². The highest BCUT2D eigenvalue weighted by molar-refractivity contribution is 5.71. The van der Waals surface area contributed by atoms with Crippen molar-refractivity contribution in [3.63, 3.8) is 0 Å². The molecule has 0 aromatic rings. The first-order valence-corrected chi connectivity index (χ1v) is 23.5. The van der Waals surface area contributed by atoms with Crippen molar-refractivity contribution in [2.45, 2.75) is 187 Å². The third-order valence-corrected chi connectivity index (χ3v) is 9.19.